The van der Waals surface area contributed by atoms with E-state index in [0.29, 0.717) is 26.2 Å². The highest BCUT2D eigenvalue weighted by molar-refractivity contribution is 14.0. The van der Waals surface area contributed by atoms with Crippen LogP contribution in [-0.4, -0.2) is 78.9 Å². The number of nitrogens with one attached hydrogen (secondary N) is 1. The van der Waals surface area contributed by atoms with Gasteiger partial charge in [-0.2, -0.15) is 0 Å². The summed E-state index contributed by atoms with van der Waals surface area (Å²) < 4.78 is 5.07. The lowest BCUT2D eigenvalue weighted by atomic mass is 9.73. The molecule has 2 rings (SSSR count). The molecule has 0 aromatic carbocycles. The Morgan fingerprint density at radius 1 is 1.23 bits per heavy atom. The first-order valence-electron chi connectivity index (χ1n) is 9.63. The van der Waals surface area contributed by atoms with Crippen molar-refractivity contribution in [3.63, 3.8) is 0 Å². The summed E-state index contributed by atoms with van der Waals surface area (Å²) >= 11 is 0. The van der Waals surface area contributed by atoms with E-state index in [0.717, 1.165) is 51.3 Å². The van der Waals surface area contributed by atoms with Gasteiger partial charge in [-0.05, 0) is 26.7 Å². The SMILES string of the molecule is CCNC(=NCC1(C)CCCCC1O)N1CCN(C(=O)OCC)CC1.I. The molecule has 7 nitrogen and oxygen atoms in total. The van der Waals surface area contributed by atoms with Gasteiger partial charge in [0.1, 0.15) is 0 Å². The zero-order valence-electron chi connectivity index (χ0n) is 16.4. The second kappa shape index (κ2) is 11.2. The van der Waals surface area contributed by atoms with Crippen molar-refractivity contribution in [1.82, 2.24) is 15.1 Å². The van der Waals surface area contributed by atoms with Gasteiger partial charge < -0.3 is 25.0 Å². The number of halogens is 1. The van der Waals surface area contributed by atoms with Crippen LogP contribution in [0.4, 0.5) is 4.79 Å². The number of aliphatic imine (C=N–C) groups is 1. The Bertz CT molecular complexity index is 469. The van der Waals surface area contributed by atoms with E-state index in [-0.39, 0.29) is 41.6 Å². The lowest BCUT2D eigenvalue weighted by Gasteiger charge is -2.39. The van der Waals surface area contributed by atoms with Crippen molar-refractivity contribution in [1.29, 1.82) is 0 Å². The first-order valence-corrected chi connectivity index (χ1v) is 9.63. The standard InChI is InChI=1S/C18H34N4O3.HI/c1-4-19-16(20-14-18(3)9-7-6-8-15(18)23)21-10-12-22(13-11-21)17(24)25-5-2;/h15,23H,4-14H2,1-3H3,(H,19,20);1H. The number of guanidine groups is 1. The van der Waals surface area contributed by atoms with E-state index in [4.69, 9.17) is 9.73 Å². The number of ether oxygens (including phenoxy) is 1. The summed E-state index contributed by atoms with van der Waals surface area (Å²) in [5.41, 5.74) is -0.133. The normalized spacial score (nSPS) is 26.9. The van der Waals surface area contributed by atoms with E-state index < -0.39 is 0 Å². The molecule has 152 valence electrons. The number of carbonyl (C=O) groups excluding carboxylic acids is 1. The molecule has 0 radical (unpaired) electrons. The minimum absolute atomic E-state index is 0. The summed E-state index contributed by atoms with van der Waals surface area (Å²) in [4.78, 5) is 20.6. The van der Waals surface area contributed by atoms with Gasteiger partial charge in [-0.15, -0.1) is 24.0 Å². The third-order valence-electron chi connectivity index (χ3n) is 5.31. The van der Waals surface area contributed by atoms with Crippen LogP contribution in [0.25, 0.3) is 0 Å². The molecular weight excluding hydrogens is 447 g/mol. The van der Waals surface area contributed by atoms with E-state index in [2.05, 4.69) is 24.1 Å². The summed E-state index contributed by atoms with van der Waals surface area (Å²) in [7, 11) is 0. The van der Waals surface area contributed by atoms with E-state index in [1.54, 1.807) is 4.90 Å². The number of amides is 1. The molecule has 1 heterocycles. The van der Waals surface area contributed by atoms with E-state index in [1.165, 1.54) is 0 Å². The number of nitrogens with zero attached hydrogens (tertiary/aromatic N) is 3. The maximum Gasteiger partial charge on any atom is 0.409 e. The van der Waals surface area contributed by atoms with E-state index in [9.17, 15) is 9.90 Å². The fourth-order valence-corrected chi connectivity index (χ4v) is 3.56. The van der Waals surface area contributed by atoms with Crippen LogP contribution in [0.5, 0.6) is 0 Å². The summed E-state index contributed by atoms with van der Waals surface area (Å²) in [6.45, 7) is 10.6. The molecule has 2 unspecified atom stereocenters. The van der Waals surface area contributed by atoms with Gasteiger partial charge in [-0.25, -0.2) is 4.79 Å². The second-order valence-corrected chi connectivity index (χ2v) is 7.26. The highest BCUT2D eigenvalue weighted by atomic mass is 127. The largest absolute Gasteiger partial charge is 0.450 e. The quantitative estimate of drug-likeness (QED) is 0.366. The predicted octanol–water partition coefficient (Wildman–Crippen LogP) is 2.29. The third kappa shape index (κ3) is 6.14. The lowest BCUT2D eigenvalue weighted by molar-refractivity contribution is 0.00697. The molecule has 26 heavy (non-hydrogen) atoms. The number of hydrogen-bond donors (Lipinski definition) is 2. The average molecular weight is 482 g/mol. The molecule has 0 aromatic rings. The van der Waals surface area contributed by atoms with E-state index in [1.807, 2.05) is 6.92 Å². The van der Waals surface area contributed by atoms with E-state index >= 15 is 0 Å². The first-order chi connectivity index (χ1) is 12.0. The van der Waals surface area contributed by atoms with Crippen LogP contribution < -0.4 is 5.32 Å². The number of rotatable bonds is 4. The van der Waals surface area contributed by atoms with Crippen LogP contribution >= 0.6 is 24.0 Å². The van der Waals surface area contributed by atoms with Crippen molar-refractivity contribution >= 4 is 36.0 Å². The van der Waals surface area contributed by atoms with Crippen LogP contribution in [0.2, 0.25) is 0 Å². The van der Waals surface area contributed by atoms with Crippen molar-refractivity contribution in [2.45, 2.75) is 52.6 Å². The van der Waals surface area contributed by atoms with Crippen LogP contribution in [-0.2, 0) is 4.74 Å². The molecule has 2 fully saturated rings. The van der Waals surface area contributed by atoms with Crippen molar-refractivity contribution in [3.8, 4) is 0 Å². The number of aliphatic hydroxyl groups excluding tert-OH is 1. The minimum Gasteiger partial charge on any atom is -0.450 e. The third-order valence-corrected chi connectivity index (χ3v) is 5.31. The zero-order valence-corrected chi connectivity index (χ0v) is 18.7. The topological polar surface area (TPSA) is 77.4 Å². The lowest BCUT2D eigenvalue weighted by Crippen LogP contribution is -2.54. The molecule has 1 saturated carbocycles. The molecule has 0 bridgehead atoms. The predicted molar refractivity (Wildman–Crippen MR) is 114 cm³/mol. The molecule has 1 amide bonds. The Morgan fingerprint density at radius 3 is 2.46 bits per heavy atom. The van der Waals surface area contributed by atoms with Crippen LogP contribution in [0.15, 0.2) is 4.99 Å². The molecular formula is C18H35IN4O3. The Balaban J connectivity index is 0.00000338. The molecule has 2 aliphatic rings. The Morgan fingerprint density at radius 2 is 1.88 bits per heavy atom. The molecule has 2 atom stereocenters. The van der Waals surface area contributed by atoms with Gasteiger partial charge in [0.15, 0.2) is 5.96 Å². The number of aliphatic hydroxyl groups is 1. The minimum atomic E-state index is -0.270. The first kappa shape index (κ1) is 23.3. The van der Waals surface area contributed by atoms with Crippen LogP contribution in [0, 0.1) is 5.41 Å². The zero-order chi connectivity index (χ0) is 18.3. The fourth-order valence-electron chi connectivity index (χ4n) is 3.56. The smallest absolute Gasteiger partial charge is 0.409 e. The molecule has 1 saturated heterocycles. The van der Waals surface area contributed by atoms with Gasteiger partial charge in [0, 0.05) is 38.1 Å². The fraction of sp³-hybridized carbons (Fsp3) is 0.889. The van der Waals surface area contributed by atoms with Gasteiger partial charge >= 0.3 is 6.09 Å². The summed E-state index contributed by atoms with van der Waals surface area (Å²) in [5, 5.41) is 13.7. The van der Waals surface area contributed by atoms with Crippen LogP contribution in [0.1, 0.15) is 46.5 Å². The number of piperazine rings is 1. The van der Waals surface area contributed by atoms with Crippen molar-refractivity contribution in [3.05, 3.63) is 0 Å². The van der Waals surface area contributed by atoms with Gasteiger partial charge in [-0.1, -0.05) is 19.8 Å². The Hall–Kier alpha value is -0.770. The molecule has 1 aliphatic carbocycles. The molecule has 2 N–H and O–H groups in total. The van der Waals surface area contributed by atoms with Crippen LogP contribution in [0.3, 0.4) is 0 Å². The van der Waals surface area contributed by atoms with Crippen molar-refractivity contribution in [2.24, 2.45) is 10.4 Å². The Labute approximate surface area is 174 Å². The maximum absolute atomic E-state index is 11.8. The van der Waals surface area contributed by atoms with Gasteiger partial charge in [0.25, 0.3) is 0 Å². The second-order valence-electron chi connectivity index (χ2n) is 7.26. The molecule has 8 heteroatoms. The Kier molecular flexibility index (Phi) is 9.99. The number of hydrogen-bond acceptors (Lipinski definition) is 4. The molecule has 1 aliphatic heterocycles. The monoisotopic (exact) mass is 482 g/mol. The molecule has 0 aromatic heterocycles. The highest BCUT2D eigenvalue weighted by Crippen LogP contribution is 2.36. The molecule has 0 spiro atoms. The van der Waals surface area contributed by atoms with Gasteiger partial charge in [-0.3, -0.25) is 4.99 Å². The van der Waals surface area contributed by atoms with Gasteiger partial charge in [0.05, 0.1) is 19.3 Å². The highest BCUT2D eigenvalue weighted by Gasteiger charge is 2.35. The average Bonchev–Trinajstić information content (AvgIpc) is 2.62. The number of carbonyl (C=O) groups is 1. The van der Waals surface area contributed by atoms with Crippen molar-refractivity contribution < 1.29 is 14.6 Å². The van der Waals surface area contributed by atoms with Crippen molar-refractivity contribution in [2.75, 3.05) is 45.9 Å². The summed E-state index contributed by atoms with van der Waals surface area (Å²) in [6.07, 6.45) is 3.67. The summed E-state index contributed by atoms with van der Waals surface area (Å²) in [5.74, 6) is 0.880. The van der Waals surface area contributed by atoms with Gasteiger partial charge in [0.2, 0.25) is 0 Å². The summed E-state index contributed by atoms with van der Waals surface area (Å²) in [6, 6.07) is 0. The maximum atomic E-state index is 11.8.